The second kappa shape index (κ2) is 5.91. The summed E-state index contributed by atoms with van der Waals surface area (Å²) >= 11 is 0. The second-order valence-corrected chi connectivity index (χ2v) is 7.11. The molecule has 0 amide bonds. The third-order valence-electron chi connectivity index (χ3n) is 3.83. The minimum atomic E-state index is -1.15. The number of benzene rings is 1. The van der Waals surface area contributed by atoms with Crippen LogP contribution in [0.25, 0.3) is 22.3 Å². The van der Waals surface area contributed by atoms with E-state index < -0.39 is 13.7 Å². The molecule has 2 N–H and O–H groups in total. The van der Waals surface area contributed by atoms with Crippen molar-refractivity contribution in [1.29, 1.82) is 0 Å². The van der Waals surface area contributed by atoms with Crippen LogP contribution in [0.1, 0.15) is 15.7 Å². The van der Waals surface area contributed by atoms with Crippen LogP contribution in [0.5, 0.6) is 0 Å². The smallest absolute Gasteiger partial charge is 0.341 e. The predicted octanol–water partition coefficient (Wildman–Crippen LogP) is 3.75. The average Bonchev–Trinajstić information content (AvgIpc) is 3.22. The summed E-state index contributed by atoms with van der Waals surface area (Å²) in [5, 5.41) is 10.9. The standard InChI is InChI=1S/C17H13N4O2P/c22-17(23)15-13(14-12-6-7-18-16(12)20-10-19-14)8-21-24(15)9-11-4-2-1-3-5-11/h1-8,10H,9H2,(H,22,23)(H,18,19,20). The lowest BCUT2D eigenvalue weighted by Gasteiger charge is -2.04. The van der Waals surface area contributed by atoms with Gasteiger partial charge in [-0.15, -0.1) is 0 Å². The van der Waals surface area contributed by atoms with Gasteiger partial charge in [0.2, 0.25) is 0 Å². The van der Waals surface area contributed by atoms with Crippen molar-refractivity contribution in [2.24, 2.45) is 0 Å². The van der Waals surface area contributed by atoms with E-state index in [1.54, 1.807) is 12.4 Å². The van der Waals surface area contributed by atoms with Gasteiger partial charge in [0.05, 0.1) is 5.69 Å². The van der Waals surface area contributed by atoms with Crippen molar-refractivity contribution in [3.05, 3.63) is 66.0 Å². The van der Waals surface area contributed by atoms with Gasteiger partial charge in [-0.25, -0.2) is 19.5 Å². The highest BCUT2D eigenvalue weighted by molar-refractivity contribution is 7.47. The monoisotopic (exact) mass is 336 g/mol. The van der Waals surface area contributed by atoms with Crippen LogP contribution in [0.4, 0.5) is 0 Å². The first-order valence-electron chi connectivity index (χ1n) is 7.35. The molecule has 24 heavy (non-hydrogen) atoms. The maximum Gasteiger partial charge on any atom is 0.341 e. The molecule has 0 aliphatic rings. The molecule has 3 heterocycles. The molecule has 7 heteroatoms. The van der Waals surface area contributed by atoms with Crippen LogP contribution < -0.4 is 0 Å². The first-order valence-corrected chi connectivity index (χ1v) is 8.83. The van der Waals surface area contributed by atoms with Crippen molar-refractivity contribution in [1.82, 2.24) is 19.7 Å². The van der Waals surface area contributed by atoms with Crippen LogP contribution >= 0.6 is 7.69 Å². The number of aromatic carboxylic acids is 1. The van der Waals surface area contributed by atoms with E-state index in [4.69, 9.17) is 0 Å². The Balaban J connectivity index is 1.85. The van der Waals surface area contributed by atoms with Crippen LogP contribution in [0, 0.1) is 0 Å². The minimum absolute atomic E-state index is 0.343. The summed E-state index contributed by atoms with van der Waals surface area (Å²) in [4.78, 5) is 23.4. The van der Waals surface area contributed by atoms with Crippen LogP contribution in [0.15, 0.2) is 55.1 Å². The van der Waals surface area contributed by atoms with E-state index in [0.29, 0.717) is 28.4 Å². The van der Waals surface area contributed by atoms with Gasteiger partial charge in [0.15, 0.2) is 0 Å². The topological polar surface area (TPSA) is 91.8 Å². The highest BCUT2D eigenvalue weighted by Crippen LogP contribution is 2.41. The Kier molecular flexibility index (Phi) is 3.59. The molecule has 0 radical (unpaired) electrons. The molecule has 0 aliphatic heterocycles. The maximum atomic E-state index is 11.9. The maximum absolute atomic E-state index is 11.9. The Hall–Kier alpha value is -2.98. The fourth-order valence-electron chi connectivity index (χ4n) is 2.75. The third-order valence-corrected chi connectivity index (χ3v) is 5.83. The van der Waals surface area contributed by atoms with Crippen LogP contribution in [-0.2, 0) is 6.16 Å². The molecule has 0 spiro atoms. The van der Waals surface area contributed by atoms with Gasteiger partial charge in [0.1, 0.15) is 17.3 Å². The lowest BCUT2D eigenvalue weighted by Crippen LogP contribution is -1.98. The number of H-pyrrole nitrogens is 1. The molecule has 0 saturated carbocycles. The zero-order valence-corrected chi connectivity index (χ0v) is 13.4. The molecule has 1 aromatic carbocycles. The number of nitrogens with zero attached hydrogens (tertiary/aromatic N) is 3. The number of aromatic nitrogens is 4. The van der Waals surface area contributed by atoms with Crippen LogP contribution in [0.2, 0.25) is 0 Å². The van der Waals surface area contributed by atoms with Crippen molar-refractivity contribution in [3.63, 3.8) is 0 Å². The first kappa shape index (κ1) is 14.6. The zero-order chi connectivity index (χ0) is 16.5. The molecule has 4 rings (SSSR count). The van der Waals surface area contributed by atoms with Crippen molar-refractivity contribution in [2.45, 2.75) is 6.16 Å². The van der Waals surface area contributed by atoms with Gasteiger partial charge in [-0.2, -0.15) is 0 Å². The summed E-state index contributed by atoms with van der Waals surface area (Å²) in [6.07, 6.45) is 5.46. The number of hydrogen-bond donors (Lipinski definition) is 2. The molecule has 1 atom stereocenters. The average molecular weight is 336 g/mol. The summed E-state index contributed by atoms with van der Waals surface area (Å²) in [7, 11) is -1.15. The SMILES string of the molecule is O=C(O)c1c(-c2ncnc3[nH]ccc23)cnp1Cc1ccccc1. The molecular formula is C17H13N4O2P. The Bertz CT molecular complexity index is 1020. The highest BCUT2D eigenvalue weighted by atomic mass is 31.1. The molecule has 0 fully saturated rings. The number of aromatic amines is 1. The van der Waals surface area contributed by atoms with Gasteiger partial charge in [-0.1, -0.05) is 30.3 Å². The van der Waals surface area contributed by atoms with Gasteiger partial charge >= 0.3 is 5.97 Å². The predicted molar refractivity (Wildman–Crippen MR) is 92.3 cm³/mol. The Morgan fingerprint density at radius 3 is 2.79 bits per heavy atom. The quantitative estimate of drug-likeness (QED) is 0.592. The molecule has 0 bridgehead atoms. The minimum Gasteiger partial charge on any atom is -0.477 e. The van der Waals surface area contributed by atoms with E-state index in [0.717, 1.165) is 10.9 Å². The Labute approximate surface area is 138 Å². The van der Waals surface area contributed by atoms with Gasteiger partial charge < -0.3 is 10.1 Å². The molecule has 118 valence electrons. The number of nitrogens with one attached hydrogen (secondary N) is 1. The van der Waals surface area contributed by atoms with Gasteiger partial charge in [-0.05, 0) is 19.3 Å². The lowest BCUT2D eigenvalue weighted by molar-refractivity contribution is 0.0703. The Morgan fingerprint density at radius 2 is 2.00 bits per heavy atom. The number of hydrogen-bond acceptors (Lipinski definition) is 4. The Morgan fingerprint density at radius 1 is 1.17 bits per heavy atom. The number of carboxylic acids is 1. The summed E-state index contributed by atoms with van der Waals surface area (Å²) in [5.74, 6) is -0.938. The summed E-state index contributed by atoms with van der Waals surface area (Å²) in [6.45, 7) is 0. The molecule has 0 aliphatic carbocycles. The third kappa shape index (κ3) is 2.47. The van der Waals surface area contributed by atoms with Gasteiger partial charge in [0, 0.05) is 29.5 Å². The molecule has 6 nitrogen and oxygen atoms in total. The van der Waals surface area contributed by atoms with E-state index in [1.165, 1.54) is 6.33 Å². The van der Waals surface area contributed by atoms with Crippen LogP contribution in [0.3, 0.4) is 0 Å². The molecule has 1 unspecified atom stereocenters. The summed E-state index contributed by atoms with van der Waals surface area (Å²) in [5.41, 5.74) is 2.96. The van der Waals surface area contributed by atoms with E-state index >= 15 is 0 Å². The zero-order valence-electron chi connectivity index (χ0n) is 12.5. The largest absolute Gasteiger partial charge is 0.477 e. The molecule has 3 aromatic heterocycles. The van der Waals surface area contributed by atoms with Crippen molar-refractivity contribution in [3.8, 4) is 11.3 Å². The number of carbonyl (C=O) groups is 1. The molecule has 4 aromatic rings. The van der Waals surface area contributed by atoms with Gasteiger partial charge in [0.25, 0.3) is 0 Å². The van der Waals surface area contributed by atoms with Gasteiger partial charge in [-0.3, -0.25) is 0 Å². The fraction of sp³-hybridized carbons (Fsp3) is 0.0588. The van der Waals surface area contributed by atoms with E-state index in [-0.39, 0.29) is 0 Å². The normalized spacial score (nSPS) is 11.8. The molecular weight excluding hydrogens is 323 g/mol. The van der Waals surface area contributed by atoms with Crippen LogP contribution in [-0.4, -0.2) is 30.8 Å². The fourth-order valence-corrected chi connectivity index (χ4v) is 4.58. The van der Waals surface area contributed by atoms with Crippen molar-refractivity contribution < 1.29 is 9.90 Å². The van der Waals surface area contributed by atoms with Crippen molar-refractivity contribution >= 4 is 24.7 Å². The lowest BCUT2D eigenvalue weighted by atomic mass is 10.1. The van der Waals surface area contributed by atoms with E-state index in [9.17, 15) is 9.90 Å². The summed E-state index contributed by atoms with van der Waals surface area (Å²) < 4.78 is 4.50. The summed E-state index contributed by atoms with van der Waals surface area (Å²) in [6, 6.07) is 11.7. The first-order chi connectivity index (χ1) is 11.7. The van der Waals surface area contributed by atoms with E-state index in [1.807, 2.05) is 36.4 Å². The van der Waals surface area contributed by atoms with Crippen molar-refractivity contribution in [2.75, 3.05) is 0 Å². The number of carboxylic acid groups (broad SMARTS) is 1. The molecule has 0 saturated heterocycles. The number of rotatable bonds is 4. The second-order valence-electron chi connectivity index (χ2n) is 5.32. The highest BCUT2D eigenvalue weighted by Gasteiger charge is 2.22. The van der Waals surface area contributed by atoms with E-state index in [2.05, 4.69) is 19.7 Å². The number of fused-ring (bicyclic) bond motifs is 1.